The summed E-state index contributed by atoms with van der Waals surface area (Å²) in [4.78, 5) is 14.3. The van der Waals surface area contributed by atoms with Crippen LogP contribution in [0, 0.1) is 12.3 Å². The first-order chi connectivity index (χ1) is 9.95. The molecule has 0 radical (unpaired) electrons. The van der Waals surface area contributed by atoms with Gasteiger partial charge in [-0.25, -0.2) is 0 Å². The summed E-state index contributed by atoms with van der Waals surface area (Å²) in [6, 6.07) is 7.88. The van der Waals surface area contributed by atoms with Crippen LogP contribution in [0.4, 0.5) is 0 Å². The molecule has 2 rings (SSSR count). The molecule has 0 aromatic heterocycles. The Morgan fingerprint density at radius 2 is 2.19 bits per heavy atom. The first kappa shape index (κ1) is 15.8. The summed E-state index contributed by atoms with van der Waals surface area (Å²) in [5.41, 5.74) is 6.82. The molecule has 1 aromatic rings. The van der Waals surface area contributed by atoms with Gasteiger partial charge in [0.1, 0.15) is 12.4 Å². The highest BCUT2D eigenvalue weighted by Gasteiger charge is 2.44. The number of nitrogens with two attached hydrogens (primary N) is 1. The van der Waals surface area contributed by atoms with Gasteiger partial charge in [0.25, 0.3) is 0 Å². The molecule has 1 amide bonds. The Morgan fingerprint density at radius 3 is 2.81 bits per heavy atom. The van der Waals surface area contributed by atoms with Gasteiger partial charge in [0.05, 0.1) is 12.0 Å². The summed E-state index contributed by atoms with van der Waals surface area (Å²) in [5, 5.41) is 0. The largest absolute Gasteiger partial charge is 0.491 e. The lowest BCUT2D eigenvalue weighted by atomic mass is 9.83. The van der Waals surface area contributed by atoms with E-state index < -0.39 is 5.41 Å². The predicted molar refractivity (Wildman–Crippen MR) is 84.2 cm³/mol. The molecule has 0 bridgehead atoms. The molecule has 2 unspecified atom stereocenters. The molecule has 4 heteroatoms. The summed E-state index contributed by atoms with van der Waals surface area (Å²) in [7, 11) is 1.83. The topological polar surface area (TPSA) is 55.6 Å². The Balaban J connectivity index is 1.86. The molecule has 1 aromatic carbocycles. The van der Waals surface area contributed by atoms with Crippen molar-refractivity contribution >= 4 is 5.91 Å². The van der Waals surface area contributed by atoms with Gasteiger partial charge < -0.3 is 15.4 Å². The van der Waals surface area contributed by atoms with E-state index in [1.807, 2.05) is 45.2 Å². The lowest BCUT2D eigenvalue weighted by Gasteiger charge is -2.32. The zero-order valence-corrected chi connectivity index (χ0v) is 13.3. The van der Waals surface area contributed by atoms with E-state index in [2.05, 4.69) is 0 Å². The number of aryl methyl sites for hydroxylation is 1. The van der Waals surface area contributed by atoms with Gasteiger partial charge in [-0.2, -0.15) is 0 Å². The van der Waals surface area contributed by atoms with Gasteiger partial charge in [0.15, 0.2) is 0 Å². The molecule has 0 spiro atoms. The summed E-state index contributed by atoms with van der Waals surface area (Å²) >= 11 is 0. The molecular weight excluding hydrogens is 264 g/mol. The van der Waals surface area contributed by atoms with Crippen LogP contribution in [0.3, 0.4) is 0 Å². The SMILES string of the molecule is Cc1ccccc1OCCN(C)C(=O)C1(C)CCCC1N. The molecule has 21 heavy (non-hydrogen) atoms. The van der Waals surface area contributed by atoms with Crippen molar-refractivity contribution in [2.75, 3.05) is 20.2 Å². The maximum absolute atomic E-state index is 12.6. The van der Waals surface area contributed by atoms with E-state index in [-0.39, 0.29) is 11.9 Å². The van der Waals surface area contributed by atoms with Crippen molar-refractivity contribution in [2.45, 2.75) is 39.2 Å². The second-order valence-corrected chi connectivity index (χ2v) is 6.26. The van der Waals surface area contributed by atoms with Crippen molar-refractivity contribution < 1.29 is 9.53 Å². The van der Waals surface area contributed by atoms with Gasteiger partial charge in [0.2, 0.25) is 5.91 Å². The second kappa shape index (κ2) is 6.48. The molecule has 2 atom stereocenters. The van der Waals surface area contributed by atoms with Crippen molar-refractivity contribution in [3.63, 3.8) is 0 Å². The Bertz CT molecular complexity index is 503. The van der Waals surface area contributed by atoms with Gasteiger partial charge >= 0.3 is 0 Å². The Labute approximate surface area is 127 Å². The third-order valence-corrected chi connectivity index (χ3v) is 4.64. The molecule has 1 aliphatic carbocycles. The smallest absolute Gasteiger partial charge is 0.229 e. The number of ether oxygens (including phenoxy) is 1. The molecule has 116 valence electrons. The summed E-state index contributed by atoms with van der Waals surface area (Å²) in [5.74, 6) is 1.02. The van der Waals surface area contributed by atoms with Gasteiger partial charge in [0, 0.05) is 13.1 Å². The van der Waals surface area contributed by atoms with Crippen LogP contribution in [0.2, 0.25) is 0 Å². The van der Waals surface area contributed by atoms with Gasteiger partial charge in [-0.15, -0.1) is 0 Å². The quantitative estimate of drug-likeness (QED) is 0.905. The summed E-state index contributed by atoms with van der Waals surface area (Å²) in [6.45, 7) is 5.09. The molecule has 2 N–H and O–H groups in total. The first-order valence-electron chi connectivity index (χ1n) is 7.65. The van der Waals surface area contributed by atoms with E-state index in [1.165, 1.54) is 0 Å². The number of hydrogen-bond donors (Lipinski definition) is 1. The predicted octanol–water partition coefficient (Wildman–Crippen LogP) is 2.35. The Kier molecular flexibility index (Phi) is 4.88. The summed E-state index contributed by atoms with van der Waals surface area (Å²) < 4.78 is 5.75. The number of benzene rings is 1. The lowest BCUT2D eigenvalue weighted by Crippen LogP contribution is -2.48. The molecular formula is C17H26N2O2. The number of hydrogen-bond acceptors (Lipinski definition) is 3. The van der Waals surface area contributed by atoms with Crippen LogP contribution >= 0.6 is 0 Å². The van der Waals surface area contributed by atoms with Crippen molar-refractivity contribution in [2.24, 2.45) is 11.1 Å². The zero-order chi connectivity index (χ0) is 15.5. The normalized spacial score (nSPS) is 24.9. The van der Waals surface area contributed by atoms with Gasteiger partial charge in [-0.1, -0.05) is 24.6 Å². The van der Waals surface area contributed by atoms with Crippen LogP contribution in [0.25, 0.3) is 0 Å². The van der Waals surface area contributed by atoms with E-state index >= 15 is 0 Å². The van der Waals surface area contributed by atoms with Crippen molar-refractivity contribution in [1.82, 2.24) is 4.90 Å². The second-order valence-electron chi connectivity index (χ2n) is 6.26. The maximum atomic E-state index is 12.6. The maximum Gasteiger partial charge on any atom is 0.229 e. The van der Waals surface area contributed by atoms with Gasteiger partial charge in [-0.3, -0.25) is 4.79 Å². The number of nitrogens with zero attached hydrogens (tertiary/aromatic N) is 1. The number of likely N-dealkylation sites (N-methyl/N-ethyl adjacent to an activating group) is 1. The average Bonchev–Trinajstić information content (AvgIpc) is 2.81. The molecule has 1 fully saturated rings. The lowest BCUT2D eigenvalue weighted by molar-refractivity contribution is -0.140. The third-order valence-electron chi connectivity index (χ3n) is 4.64. The number of amides is 1. The fourth-order valence-electron chi connectivity index (χ4n) is 3.01. The van der Waals surface area contributed by atoms with E-state index in [0.717, 1.165) is 30.6 Å². The van der Waals surface area contributed by atoms with Crippen molar-refractivity contribution in [1.29, 1.82) is 0 Å². The van der Waals surface area contributed by atoms with E-state index in [0.29, 0.717) is 13.2 Å². The fourth-order valence-corrected chi connectivity index (χ4v) is 3.01. The standard InChI is InChI=1S/C17H26N2O2/c1-13-7-4-5-8-14(13)21-12-11-19(3)16(20)17(2)10-6-9-15(17)18/h4-5,7-8,15H,6,9-12,18H2,1-3H3. The highest BCUT2D eigenvalue weighted by Crippen LogP contribution is 2.38. The summed E-state index contributed by atoms with van der Waals surface area (Å²) in [6.07, 6.45) is 2.86. The number of carbonyl (C=O) groups excluding carboxylic acids is 1. The van der Waals surface area contributed by atoms with Gasteiger partial charge in [-0.05, 0) is 38.3 Å². The average molecular weight is 290 g/mol. The van der Waals surface area contributed by atoms with Crippen LogP contribution < -0.4 is 10.5 Å². The van der Waals surface area contributed by atoms with Crippen LogP contribution in [0.1, 0.15) is 31.7 Å². The van der Waals surface area contributed by atoms with Crippen LogP contribution in [-0.2, 0) is 4.79 Å². The minimum atomic E-state index is -0.405. The number of para-hydroxylation sites is 1. The minimum absolute atomic E-state index is 0.0234. The van der Waals surface area contributed by atoms with Crippen molar-refractivity contribution in [3.8, 4) is 5.75 Å². The van der Waals surface area contributed by atoms with Crippen molar-refractivity contribution in [3.05, 3.63) is 29.8 Å². The minimum Gasteiger partial charge on any atom is -0.491 e. The number of carbonyl (C=O) groups is 1. The molecule has 1 saturated carbocycles. The molecule has 1 aliphatic rings. The zero-order valence-electron chi connectivity index (χ0n) is 13.3. The monoisotopic (exact) mass is 290 g/mol. The van der Waals surface area contributed by atoms with Crippen LogP contribution in [0.5, 0.6) is 5.75 Å². The highest BCUT2D eigenvalue weighted by molar-refractivity contribution is 5.83. The number of rotatable bonds is 5. The van der Waals surface area contributed by atoms with E-state index in [4.69, 9.17) is 10.5 Å². The highest BCUT2D eigenvalue weighted by atomic mass is 16.5. The third kappa shape index (κ3) is 3.38. The first-order valence-corrected chi connectivity index (χ1v) is 7.65. The fraction of sp³-hybridized carbons (Fsp3) is 0.588. The van der Waals surface area contributed by atoms with E-state index in [1.54, 1.807) is 4.90 Å². The molecule has 0 saturated heterocycles. The Hall–Kier alpha value is -1.55. The van der Waals surface area contributed by atoms with Crippen LogP contribution in [0.15, 0.2) is 24.3 Å². The molecule has 0 heterocycles. The molecule has 4 nitrogen and oxygen atoms in total. The van der Waals surface area contributed by atoms with E-state index in [9.17, 15) is 4.79 Å². The van der Waals surface area contributed by atoms with Crippen LogP contribution in [-0.4, -0.2) is 37.0 Å². The Morgan fingerprint density at radius 1 is 1.48 bits per heavy atom. The molecule has 0 aliphatic heterocycles.